The van der Waals surface area contributed by atoms with E-state index in [0.717, 1.165) is 0 Å². The average Bonchev–Trinajstić information content (AvgIpc) is 3.67. The summed E-state index contributed by atoms with van der Waals surface area (Å²) in [5, 5.41) is 14.6. The first-order chi connectivity index (χ1) is 18.8. The lowest BCUT2D eigenvalue weighted by atomic mass is 9.59. The topological polar surface area (TPSA) is 114 Å². The molecule has 2 aromatic rings. The van der Waals surface area contributed by atoms with Gasteiger partial charge in [0.2, 0.25) is 0 Å². The number of nitrogens with one attached hydrogen (secondary N) is 1. The highest BCUT2D eigenvalue weighted by Crippen LogP contribution is 2.74. The Bertz CT molecular complexity index is 1760. The summed E-state index contributed by atoms with van der Waals surface area (Å²) in [4.78, 5) is 40.4. The molecule has 7 rings (SSSR count). The maximum absolute atomic E-state index is 13.9. The van der Waals surface area contributed by atoms with E-state index < -0.39 is 46.6 Å². The van der Waals surface area contributed by atoms with Gasteiger partial charge in [-0.2, -0.15) is 0 Å². The van der Waals surface area contributed by atoms with Crippen LogP contribution in [0.4, 0.5) is 5.69 Å². The number of benzene rings is 2. The van der Waals surface area contributed by atoms with Gasteiger partial charge in [0, 0.05) is 22.6 Å². The highest BCUT2D eigenvalue weighted by molar-refractivity contribution is 6.31. The molecule has 0 spiro atoms. The molecular weight excluding hydrogens is 498 g/mol. The highest BCUT2D eigenvalue weighted by Gasteiger charge is 2.85. The monoisotopic (exact) mass is 519 g/mol. The number of carbonyl (C=O) groups excluding carboxylic acids is 3. The molecule has 8 heteroatoms. The van der Waals surface area contributed by atoms with Crippen LogP contribution in [0.3, 0.4) is 0 Å². The van der Waals surface area contributed by atoms with Gasteiger partial charge in [0.25, 0.3) is 0 Å². The Kier molecular flexibility index (Phi) is 4.56. The van der Waals surface area contributed by atoms with E-state index in [4.69, 9.17) is 14.2 Å². The van der Waals surface area contributed by atoms with Crippen LogP contribution in [0.1, 0.15) is 44.3 Å². The van der Waals surface area contributed by atoms with E-state index in [0.29, 0.717) is 11.3 Å². The number of allylic oxidation sites excluding steroid dienone is 2. The molecule has 2 aliphatic heterocycles. The number of phenols is 1. The van der Waals surface area contributed by atoms with E-state index in [1.807, 2.05) is 6.92 Å². The minimum Gasteiger partial charge on any atom is -0.507 e. The van der Waals surface area contributed by atoms with Gasteiger partial charge in [0.1, 0.15) is 34.7 Å². The minimum atomic E-state index is -1.24. The first-order valence-electron chi connectivity index (χ1n) is 12.4. The van der Waals surface area contributed by atoms with Crippen molar-refractivity contribution in [3.63, 3.8) is 0 Å². The van der Waals surface area contributed by atoms with Crippen LogP contribution < -0.4 is 5.32 Å². The standard InChI is InChI=1S/C31H21NO7/c1-15-22(29(36)38-3)28(37-2)18-12-6-4-5-7-13-21-30(15)31(18,39-30)19-14-20(33)23-24(25(19)32-21)27(35)17-11-9-8-10-16(17)26(23)34/h4-5,8-11,14-15,18,21,32-33H,1-3H3/t15-,18-,21-,30-,31+/m0/s1. The molecule has 0 radical (unpaired) electrons. The second-order valence-electron chi connectivity index (χ2n) is 10.0. The molecule has 4 bridgehead atoms. The summed E-state index contributed by atoms with van der Waals surface area (Å²) in [7, 11) is 2.75. The molecule has 1 saturated heterocycles. The zero-order chi connectivity index (χ0) is 27.3. The smallest absolute Gasteiger partial charge is 0.337 e. The number of hydrogen-bond donors (Lipinski definition) is 2. The zero-order valence-electron chi connectivity index (χ0n) is 21.2. The summed E-state index contributed by atoms with van der Waals surface area (Å²) < 4.78 is 17.6. The van der Waals surface area contributed by atoms with E-state index in [-0.39, 0.29) is 39.3 Å². The van der Waals surface area contributed by atoms with Gasteiger partial charge in [0.05, 0.1) is 36.6 Å². The molecule has 3 aliphatic carbocycles. The number of phenolic OH excluding ortho intramolecular Hbond substituents is 1. The summed E-state index contributed by atoms with van der Waals surface area (Å²) in [6, 6.07) is 7.29. The molecule has 1 fully saturated rings. The van der Waals surface area contributed by atoms with Gasteiger partial charge in [-0.15, -0.1) is 0 Å². The number of esters is 1. The van der Waals surface area contributed by atoms with Crippen LogP contribution in [0.2, 0.25) is 0 Å². The maximum atomic E-state index is 13.9. The van der Waals surface area contributed by atoms with E-state index in [2.05, 4.69) is 29.0 Å². The van der Waals surface area contributed by atoms with Gasteiger partial charge in [-0.25, -0.2) is 4.79 Å². The first-order valence-corrected chi connectivity index (χ1v) is 12.4. The minimum absolute atomic E-state index is 0.0626. The Morgan fingerprint density at radius 1 is 1.05 bits per heavy atom. The third-order valence-corrected chi connectivity index (χ3v) is 8.50. The van der Waals surface area contributed by atoms with E-state index in [1.165, 1.54) is 20.3 Å². The summed E-state index contributed by atoms with van der Waals surface area (Å²) >= 11 is 0. The largest absolute Gasteiger partial charge is 0.507 e. The number of anilines is 1. The Morgan fingerprint density at radius 3 is 2.38 bits per heavy atom. The Balaban J connectivity index is 1.58. The molecule has 2 heterocycles. The highest BCUT2D eigenvalue weighted by atomic mass is 16.6. The Morgan fingerprint density at radius 2 is 1.72 bits per heavy atom. The molecular formula is C31H21NO7. The number of aromatic hydroxyl groups is 1. The van der Waals surface area contributed by atoms with Crippen molar-refractivity contribution in [1.29, 1.82) is 0 Å². The van der Waals surface area contributed by atoms with Crippen molar-refractivity contribution in [2.75, 3.05) is 19.5 Å². The second kappa shape index (κ2) is 7.63. The number of ketones is 2. The Labute approximate surface area is 223 Å². The maximum Gasteiger partial charge on any atom is 0.337 e. The van der Waals surface area contributed by atoms with Crippen molar-refractivity contribution in [2.24, 2.45) is 11.8 Å². The fourth-order valence-electron chi connectivity index (χ4n) is 6.89. The number of epoxide rings is 1. The summed E-state index contributed by atoms with van der Waals surface area (Å²) in [5.41, 5.74) is -0.781. The van der Waals surface area contributed by atoms with Crippen molar-refractivity contribution in [3.05, 3.63) is 81.6 Å². The summed E-state index contributed by atoms with van der Waals surface area (Å²) in [6.45, 7) is 1.84. The molecule has 0 unspecified atom stereocenters. The van der Waals surface area contributed by atoms with Crippen LogP contribution in [-0.4, -0.2) is 48.5 Å². The quantitative estimate of drug-likeness (QED) is 0.230. The second-order valence-corrected chi connectivity index (χ2v) is 10.0. The van der Waals surface area contributed by atoms with Gasteiger partial charge in [-0.05, 0) is 18.2 Å². The normalized spacial score (nSPS) is 30.1. The van der Waals surface area contributed by atoms with Crippen LogP contribution >= 0.6 is 0 Å². The predicted octanol–water partition coefficient (Wildman–Crippen LogP) is 2.84. The molecule has 2 N–H and O–H groups in total. The van der Waals surface area contributed by atoms with Crippen LogP contribution in [0.5, 0.6) is 5.75 Å². The number of fused-ring (bicyclic) bond motifs is 4. The zero-order valence-corrected chi connectivity index (χ0v) is 21.2. The van der Waals surface area contributed by atoms with Gasteiger partial charge in [-0.1, -0.05) is 54.9 Å². The van der Waals surface area contributed by atoms with Crippen LogP contribution in [0.25, 0.3) is 0 Å². The lowest BCUT2D eigenvalue weighted by Gasteiger charge is -2.43. The fourth-order valence-corrected chi connectivity index (χ4v) is 6.89. The molecule has 192 valence electrons. The summed E-state index contributed by atoms with van der Waals surface area (Å²) in [6.07, 6.45) is 3.22. The van der Waals surface area contributed by atoms with Gasteiger partial charge in [-0.3, -0.25) is 9.59 Å². The van der Waals surface area contributed by atoms with Crippen molar-refractivity contribution < 1.29 is 33.7 Å². The molecule has 0 aromatic heterocycles. The first kappa shape index (κ1) is 23.3. The number of carbonyl (C=O) groups is 3. The van der Waals surface area contributed by atoms with Crippen molar-refractivity contribution >= 4 is 23.2 Å². The van der Waals surface area contributed by atoms with E-state index in [9.17, 15) is 19.5 Å². The third kappa shape index (κ3) is 2.57. The summed E-state index contributed by atoms with van der Waals surface area (Å²) in [5.74, 6) is 9.48. The molecule has 5 aliphatic rings. The number of ether oxygens (including phenoxy) is 3. The molecule has 5 atom stereocenters. The van der Waals surface area contributed by atoms with Crippen LogP contribution in [0.15, 0.2) is 53.8 Å². The van der Waals surface area contributed by atoms with Crippen molar-refractivity contribution in [3.8, 4) is 29.4 Å². The van der Waals surface area contributed by atoms with Gasteiger partial charge >= 0.3 is 5.97 Å². The average molecular weight is 520 g/mol. The lowest BCUT2D eigenvalue weighted by molar-refractivity contribution is -0.137. The molecule has 39 heavy (non-hydrogen) atoms. The van der Waals surface area contributed by atoms with E-state index in [1.54, 1.807) is 36.4 Å². The van der Waals surface area contributed by atoms with Crippen LogP contribution in [-0.2, 0) is 24.6 Å². The fraction of sp³-hybridized carbons (Fsp3) is 0.258. The lowest BCUT2D eigenvalue weighted by Crippen LogP contribution is -2.55. The molecule has 8 nitrogen and oxygen atoms in total. The SMILES string of the molecule is COC(=O)C1=C(OC)[C@@H]2C#CC=CC#C[C@@H]3Nc4c(cc(O)c5c4C(=O)c4ccccc4C5=O)[C@]24O[C@@]34[C@H]1C. The number of methoxy groups -OCH3 is 2. The number of hydrogen-bond acceptors (Lipinski definition) is 8. The van der Waals surface area contributed by atoms with Crippen molar-refractivity contribution in [2.45, 2.75) is 24.2 Å². The molecule has 0 saturated carbocycles. The molecule has 2 aromatic carbocycles. The van der Waals surface area contributed by atoms with Gasteiger partial charge in [0.15, 0.2) is 11.6 Å². The molecule has 0 amide bonds. The third-order valence-electron chi connectivity index (χ3n) is 8.50. The number of rotatable bonds is 2. The Hall–Kier alpha value is -4.79. The predicted molar refractivity (Wildman–Crippen MR) is 138 cm³/mol. The van der Waals surface area contributed by atoms with E-state index >= 15 is 0 Å². The van der Waals surface area contributed by atoms with Crippen molar-refractivity contribution in [1.82, 2.24) is 0 Å². The van der Waals surface area contributed by atoms with Gasteiger partial charge < -0.3 is 24.6 Å². The van der Waals surface area contributed by atoms with Crippen LogP contribution in [0, 0.1) is 35.5 Å².